The van der Waals surface area contributed by atoms with Gasteiger partial charge in [-0.05, 0) is 48.1 Å². The molecule has 0 atom stereocenters. The van der Waals surface area contributed by atoms with E-state index in [-0.39, 0.29) is 0 Å². The summed E-state index contributed by atoms with van der Waals surface area (Å²) >= 11 is 1.69. The summed E-state index contributed by atoms with van der Waals surface area (Å²) in [4.78, 5) is 0. The zero-order chi connectivity index (χ0) is 10.0. The van der Waals surface area contributed by atoms with Gasteiger partial charge in [0.2, 0.25) is 0 Å². The molecule has 3 N–H and O–H groups in total. The summed E-state index contributed by atoms with van der Waals surface area (Å²) in [6, 6.07) is 2.40. The van der Waals surface area contributed by atoms with E-state index in [1.54, 1.807) is 11.3 Å². The molecule has 1 aliphatic carbocycles. The highest BCUT2D eigenvalue weighted by molar-refractivity contribution is 7.07. The molecule has 1 fully saturated rings. The molecule has 0 saturated heterocycles. The smallest absolute Gasteiger partial charge is 0.0689 e. The third-order valence-corrected chi connectivity index (χ3v) is 3.81. The van der Waals surface area contributed by atoms with Crippen molar-refractivity contribution in [2.45, 2.75) is 43.7 Å². The predicted octanol–water partition coefficient (Wildman–Crippen LogP) is 1.92. The molecular weight excluding hydrogens is 194 g/mol. The van der Waals surface area contributed by atoms with Gasteiger partial charge in [-0.3, -0.25) is 0 Å². The minimum atomic E-state index is -0.489. The first kappa shape index (κ1) is 10.1. The molecule has 0 aliphatic heterocycles. The first-order chi connectivity index (χ1) is 6.68. The number of rotatable bonds is 2. The Bertz CT molecular complexity index is 275. The van der Waals surface area contributed by atoms with E-state index >= 15 is 0 Å². The Hall–Kier alpha value is -0.380. The summed E-state index contributed by atoms with van der Waals surface area (Å²) in [6.45, 7) is 0. The summed E-state index contributed by atoms with van der Waals surface area (Å²) in [7, 11) is 0. The van der Waals surface area contributed by atoms with Crippen LogP contribution in [-0.2, 0) is 6.42 Å². The van der Waals surface area contributed by atoms with Gasteiger partial charge < -0.3 is 10.8 Å². The van der Waals surface area contributed by atoms with E-state index in [4.69, 9.17) is 5.73 Å². The van der Waals surface area contributed by atoms with Crippen molar-refractivity contribution in [2.24, 2.45) is 5.73 Å². The van der Waals surface area contributed by atoms with Crippen molar-refractivity contribution in [3.8, 4) is 0 Å². The lowest BCUT2D eigenvalue weighted by Crippen LogP contribution is -2.40. The Morgan fingerprint density at radius 1 is 1.50 bits per heavy atom. The van der Waals surface area contributed by atoms with Crippen LogP contribution in [0.25, 0.3) is 0 Å². The SMILES string of the molecule is NC1CCC(O)(Cc2ccsc2)CC1. The lowest BCUT2D eigenvalue weighted by Gasteiger charge is -2.34. The van der Waals surface area contributed by atoms with Gasteiger partial charge in [0, 0.05) is 12.5 Å². The van der Waals surface area contributed by atoms with Crippen LogP contribution in [0.15, 0.2) is 16.8 Å². The Morgan fingerprint density at radius 2 is 2.21 bits per heavy atom. The second kappa shape index (κ2) is 4.01. The van der Waals surface area contributed by atoms with Gasteiger partial charge in [0.05, 0.1) is 5.60 Å². The fourth-order valence-corrected chi connectivity index (χ4v) is 2.80. The van der Waals surface area contributed by atoms with Crippen LogP contribution in [0.3, 0.4) is 0 Å². The summed E-state index contributed by atoms with van der Waals surface area (Å²) in [5.74, 6) is 0. The first-order valence-electron chi connectivity index (χ1n) is 5.17. The van der Waals surface area contributed by atoms with Crippen molar-refractivity contribution in [3.05, 3.63) is 22.4 Å². The largest absolute Gasteiger partial charge is 0.390 e. The Labute approximate surface area is 88.8 Å². The zero-order valence-electron chi connectivity index (χ0n) is 8.28. The number of aliphatic hydroxyl groups is 1. The van der Waals surface area contributed by atoms with Gasteiger partial charge in [0.15, 0.2) is 0 Å². The maximum atomic E-state index is 10.3. The third kappa shape index (κ3) is 2.35. The first-order valence-corrected chi connectivity index (χ1v) is 6.11. The van der Waals surface area contributed by atoms with E-state index in [1.165, 1.54) is 5.56 Å². The van der Waals surface area contributed by atoms with Gasteiger partial charge in [-0.2, -0.15) is 11.3 Å². The average Bonchev–Trinajstić information content (AvgIpc) is 2.63. The van der Waals surface area contributed by atoms with Gasteiger partial charge in [-0.25, -0.2) is 0 Å². The fraction of sp³-hybridized carbons (Fsp3) is 0.636. The Balaban J connectivity index is 1.96. The highest BCUT2D eigenvalue weighted by Crippen LogP contribution is 2.31. The van der Waals surface area contributed by atoms with Crippen molar-refractivity contribution in [3.63, 3.8) is 0 Å². The molecule has 1 saturated carbocycles. The quantitative estimate of drug-likeness (QED) is 0.785. The van der Waals surface area contributed by atoms with Crippen LogP contribution in [0.4, 0.5) is 0 Å². The van der Waals surface area contributed by atoms with Crippen LogP contribution < -0.4 is 5.73 Å². The van der Waals surface area contributed by atoms with Crippen LogP contribution in [0.2, 0.25) is 0 Å². The van der Waals surface area contributed by atoms with Gasteiger partial charge in [-0.1, -0.05) is 0 Å². The van der Waals surface area contributed by atoms with E-state index in [1.807, 2.05) is 0 Å². The molecule has 3 heteroatoms. The van der Waals surface area contributed by atoms with Gasteiger partial charge in [0.1, 0.15) is 0 Å². The van der Waals surface area contributed by atoms with E-state index in [0.717, 1.165) is 32.1 Å². The molecule has 1 heterocycles. The molecule has 0 bridgehead atoms. The van der Waals surface area contributed by atoms with Crippen molar-refractivity contribution < 1.29 is 5.11 Å². The molecule has 0 radical (unpaired) electrons. The average molecular weight is 211 g/mol. The Morgan fingerprint density at radius 3 is 2.79 bits per heavy atom. The summed E-state index contributed by atoms with van der Waals surface area (Å²) in [6.07, 6.45) is 4.42. The van der Waals surface area contributed by atoms with E-state index < -0.39 is 5.60 Å². The van der Waals surface area contributed by atoms with Crippen molar-refractivity contribution in [1.82, 2.24) is 0 Å². The lowest BCUT2D eigenvalue weighted by atomic mass is 9.79. The van der Waals surface area contributed by atoms with Crippen LogP contribution >= 0.6 is 11.3 Å². The molecule has 1 aromatic heterocycles. The zero-order valence-corrected chi connectivity index (χ0v) is 9.09. The van der Waals surface area contributed by atoms with Gasteiger partial charge in [-0.15, -0.1) is 0 Å². The van der Waals surface area contributed by atoms with E-state index in [0.29, 0.717) is 6.04 Å². The summed E-state index contributed by atoms with van der Waals surface area (Å²) in [5, 5.41) is 14.5. The molecule has 0 amide bonds. The van der Waals surface area contributed by atoms with Gasteiger partial charge >= 0.3 is 0 Å². The molecule has 78 valence electrons. The van der Waals surface area contributed by atoms with E-state index in [9.17, 15) is 5.11 Å². The van der Waals surface area contributed by atoms with Crippen LogP contribution in [0.5, 0.6) is 0 Å². The molecule has 1 aliphatic rings. The second-order valence-corrected chi connectivity index (χ2v) is 5.15. The summed E-state index contributed by atoms with van der Waals surface area (Å²) in [5.41, 5.74) is 6.59. The molecule has 2 rings (SSSR count). The third-order valence-electron chi connectivity index (χ3n) is 3.07. The predicted molar refractivity (Wildman–Crippen MR) is 59.4 cm³/mol. The molecule has 2 nitrogen and oxygen atoms in total. The van der Waals surface area contributed by atoms with Crippen LogP contribution in [-0.4, -0.2) is 16.7 Å². The van der Waals surface area contributed by atoms with Crippen LogP contribution in [0.1, 0.15) is 31.2 Å². The standard InChI is InChI=1S/C11H17NOS/c12-10-1-4-11(13,5-2-10)7-9-3-6-14-8-9/h3,6,8,10,13H,1-2,4-5,7,12H2. The lowest BCUT2D eigenvalue weighted by molar-refractivity contribution is 0.000297. The second-order valence-electron chi connectivity index (χ2n) is 4.37. The number of nitrogens with two attached hydrogens (primary N) is 1. The van der Waals surface area contributed by atoms with Crippen molar-refractivity contribution in [1.29, 1.82) is 0 Å². The Kier molecular flexibility index (Phi) is 2.91. The maximum absolute atomic E-state index is 10.3. The highest BCUT2D eigenvalue weighted by Gasteiger charge is 2.31. The highest BCUT2D eigenvalue weighted by atomic mass is 32.1. The topological polar surface area (TPSA) is 46.2 Å². The molecular formula is C11H17NOS. The molecule has 0 spiro atoms. The van der Waals surface area contributed by atoms with Crippen LogP contribution in [0, 0.1) is 0 Å². The van der Waals surface area contributed by atoms with Crippen molar-refractivity contribution >= 4 is 11.3 Å². The number of hydrogen-bond donors (Lipinski definition) is 2. The summed E-state index contributed by atoms with van der Waals surface area (Å²) < 4.78 is 0. The molecule has 1 aromatic rings. The monoisotopic (exact) mass is 211 g/mol. The number of hydrogen-bond acceptors (Lipinski definition) is 3. The molecule has 14 heavy (non-hydrogen) atoms. The minimum absolute atomic E-state index is 0.303. The normalized spacial score (nSPS) is 33.1. The maximum Gasteiger partial charge on any atom is 0.0689 e. The fourth-order valence-electron chi connectivity index (χ4n) is 2.13. The molecule has 0 unspecified atom stereocenters. The van der Waals surface area contributed by atoms with Gasteiger partial charge in [0.25, 0.3) is 0 Å². The number of thiophene rings is 1. The molecule has 0 aromatic carbocycles. The minimum Gasteiger partial charge on any atom is -0.390 e. The van der Waals surface area contributed by atoms with E-state index in [2.05, 4.69) is 16.8 Å². The van der Waals surface area contributed by atoms with Crippen molar-refractivity contribution in [2.75, 3.05) is 0 Å².